The van der Waals surface area contributed by atoms with E-state index in [2.05, 4.69) is 186 Å². The summed E-state index contributed by atoms with van der Waals surface area (Å²) < 4.78 is 27.4. The summed E-state index contributed by atoms with van der Waals surface area (Å²) in [4.78, 5) is 78.4. The molecule has 8 aromatic carbocycles. The van der Waals surface area contributed by atoms with Crippen LogP contribution in [0, 0.1) is 18.6 Å². The molecule has 6 heterocycles. The van der Waals surface area contributed by atoms with Crippen molar-refractivity contribution < 1.29 is 32.8 Å². The van der Waals surface area contributed by atoms with Crippen LogP contribution >= 0.6 is 69.3 Å². The van der Waals surface area contributed by atoms with Crippen molar-refractivity contribution in [3.63, 3.8) is 0 Å². The van der Waals surface area contributed by atoms with Crippen LogP contribution in [0.1, 0.15) is 200 Å². The highest BCUT2D eigenvalue weighted by atomic mass is 35.5. The molecular formula is C94H99Cl5F2N10O5S. The molecule has 1 fully saturated rings. The van der Waals surface area contributed by atoms with Gasteiger partial charge in [-0.05, 0) is 206 Å². The topological polar surface area (TPSA) is 224 Å². The van der Waals surface area contributed by atoms with Crippen LogP contribution in [0.15, 0.2) is 193 Å². The molecule has 1 aliphatic rings. The molecule has 0 bridgehead atoms. The van der Waals surface area contributed by atoms with Gasteiger partial charge in [-0.3, -0.25) is 24.0 Å². The Balaban J connectivity index is 0.000000144. The predicted octanol–water partition coefficient (Wildman–Crippen LogP) is 26.9. The average Bonchev–Trinajstić information content (AvgIpc) is 1.56. The lowest BCUT2D eigenvalue weighted by atomic mass is 9.78. The van der Waals surface area contributed by atoms with E-state index in [-0.39, 0.29) is 44.8 Å². The fraction of sp³-hybridized carbons (Fsp3) is 0.287. The third-order valence-corrected chi connectivity index (χ3v) is 22.6. The van der Waals surface area contributed by atoms with Crippen molar-refractivity contribution in [2.24, 2.45) is 0 Å². The molecule has 610 valence electrons. The highest BCUT2D eigenvalue weighted by molar-refractivity contribution is 7.12. The molecule has 0 saturated heterocycles. The van der Waals surface area contributed by atoms with Crippen LogP contribution in [-0.4, -0.2) is 59.3 Å². The maximum atomic E-state index is 13.7. The first kappa shape index (κ1) is 87.7. The third kappa shape index (κ3) is 21.8. The number of nitrogens with one attached hydrogen (secondary N) is 10. The molecule has 5 amide bonds. The Morgan fingerprint density at radius 1 is 0.402 bits per heavy atom. The fourth-order valence-corrected chi connectivity index (χ4v) is 15.0. The van der Waals surface area contributed by atoms with Crippen molar-refractivity contribution in [3.05, 3.63) is 276 Å². The van der Waals surface area contributed by atoms with E-state index in [9.17, 15) is 32.8 Å². The molecule has 0 aliphatic heterocycles. The van der Waals surface area contributed by atoms with Crippen LogP contribution in [0.2, 0.25) is 15.1 Å². The van der Waals surface area contributed by atoms with Gasteiger partial charge in [0.2, 0.25) is 5.91 Å². The summed E-state index contributed by atoms with van der Waals surface area (Å²) in [6.07, 6.45) is 3.89. The van der Waals surface area contributed by atoms with Gasteiger partial charge in [-0.1, -0.05) is 193 Å². The van der Waals surface area contributed by atoms with E-state index in [1.165, 1.54) is 28.8 Å². The number of benzene rings is 8. The predicted molar refractivity (Wildman–Crippen MR) is 485 cm³/mol. The van der Waals surface area contributed by atoms with Crippen molar-refractivity contribution in [1.82, 2.24) is 24.9 Å². The SMILES string of the molecule is CC(C)(C)c1cc2cc(NC(=O)C(Cl)Cl)ccc2[nH]1.CC(C)(C)c1cc2cc(NC(=O)C3(c4ccc(Cl)cc4)CCCC3)ccc2[nH]1.CC(C)(C)c1cc2cc(NC(=O)c3c(F)cccc3F)ccc2[nH]1.CC(C)(C)c1cc2cc(NC(=O)c3ccc(Cl)cc3Cl)ccc2[nH]1.Cc1ccsc1C(=O)Nc1ccc2[nH]c(C(C)(C)C)cc2c1. The molecule has 0 atom stereocenters. The van der Waals surface area contributed by atoms with Gasteiger partial charge in [-0.2, -0.15) is 0 Å². The molecule has 23 heteroatoms. The largest absolute Gasteiger partial charge is 0.358 e. The first-order chi connectivity index (χ1) is 54.9. The van der Waals surface area contributed by atoms with Crippen LogP contribution < -0.4 is 26.6 Å². The number of hydrogen-bond acceptors (Lipinski definition) is 6. The van der Waals surface area contributed by atoms with Crippen LogP contribution in [0.5, 0.6) is 0 Å². The van der Waals surface area contributed by atoms with E-state index in [1.54, 1.807) is 30.3 Å². The molecule has 15 rings (SSSR count). The molecule has 117 heavy (non-hydrogen) atoms. The molecule has 14 aromatic rings. The minimum absolute atomic E-state index is 0.0290. The van der Waals surface area contributed by atoms with Gasteiger partial charge in [0.1, 0.15) is 17.2 Å². The van der Waals surface area contributed by atoms with Gasteiger partial charge >= 0.3 is 0 Å². The summed E-state index contributed by atoms with van der Waals surface area (Å²) in [5.74, 6) is -3.22. The maximum absolute atomic E-state index is 13.7. The van der Waals surface area contributed by atoms with Crippen molar-refractivity contribution in [1.29, 1.82) is 0 Å². The van der Waals surface area contributed by atoms with Crippen LogP contribution in [-0.2, 0) is 42.1 Å². The smallest absolute Gasteiger partial charge is 0.265 e. The Morgan fingerprint density at radius 3 is 1.09 bits per heavy atom. The van der Waals surface area contributed by atoms with Crippen LogP contribution in [0.4, 0.5) is 37.2 Å². The zero-order valence-electron chi connectivity index (χ0n) is 68.5. The Morgan fingerprint density at radius 2 is 0.744 bits per heavy atom. The number of aromatic nitrogens is 5. The maximum Gasteiger partial charge on any atom is 0.265 e. The number of aromatic amines is 5. The number of carbonyl (C=O) groups is 5. The van der Waals surface area contributed by atoms with Gasteiger partial charge in [0.15, 0.2) is 4.84 Å². The molecule has 10 N–H and O–H groups in total. The summed E-state index contributed by atoms with van der Waals surface area (Å²) in [6, 6.07) is 57.2. The van der Waals surface area contributed by atoms with Crippen LogP contribution in [0.3, 0.4) is 0 Å². The molecule has 15 nitrogen and oxygen atoms in total. The van der Waals surface area contributed by atoms with Gasteiger partial charge in [0.25, 0.3) is 23.6 Å². The summed E-state index contributed by atoms with van der Waals surface area (Å²) in [5.41, 5.74) is 16.2. The molecule has 1 saturated carbocycles. The molecule has 1 aliphatic carbocycles. The number of alkyl halides is 2. The van der Waals surface area contributed by atoms with E-state index < -0.39 is 39.3 Å². The summed E-state index contributed by atoms with van der Waals surface area (Å²) in [7, 11) is 0. The third-order valence-electron chi connectivity index (χ3n) is 20.4. The first-order valence-corrected chi connectivity index (χ1v) is 41.5. The van der Waals surface area contributed by atoms with E-state index >= 15 is 0 Å². The number of amides is 5. The number of fused-ring (bicyclic) bond motifs is 5. The van der Waals surface area contributed by atoms with Crippen molar-refractivity contribution in [2.75, 3.05) is 26.6 Å². The number of aryl methyl sites for hydroxylation is 1. The molecule has 0 radical (unpaired) electrons. The lowest BCUT2D eigenvalue weighted by molar-refractivity contribution is -0.121. The first-order valence-electron chi connectivity index (χ1n) is 38.6. The number of halogens is 7. The zero-order valence-corrected chi connectivity index (χ0v) is 73.1. The van der Waals surface area contributed by atoms with Gasteiger partial charge in [-0.15, -0.1) is 11.3 Å². The second-order valence-electron chi connectivity index (χ2n) is 34.7. The lowest BCUT2D eigenvalue weighted by Gasteiger charge is -2.28. The van der Waals surface area contributed by atoms with E-state index in [1.807, 2.05) is 121 Å². The summed E-state index contributed by atoms with van der Waals surface area (Å²) in [6.45, 7) is 34.3. The number of rotatable bonds is 11. The second kappa shape index (κ2) is 35.6. The Bertz CT molecular complexity index is 5970. The number of thiophene rings is 1. The van der Waals surface area contributed by atoms with Gasteiger partial charge in [0.05, 0.1) is 20.9 Å². The highest BCUT2D eigenvalue weighted by Gasteiger charge is 2.43. The lowest BCUT2D eigenvalue weighted by Crippen LogP contribution is -2.37. The second-order valence-corrected chi connectivity index (χ2v) is 38.0. The summed E-state index contributed by atoms with van der Waals surface area (Å²) in [5, 5.41) is 23.0. The van der Waals surface area contributed by atoms with Crippen molar-refractivity contribution in [2.45, 2.75) is 174 Å². The number of H-pyrrole nitrogens is 5. The van der Waals surface area contributed by atoms with Gasteiger partial charge in [-0.25, -0.2) is 8.78 Å². The molecule has 0 unspecified atom stereocenters. The number of carbonyl (C=O) groups excluding carboxylic acids is 5. The number of hydrogen-bond donors (Lipinski definition) is 10. The zero-order chi connectivity index (χ0) is 85.0. The monoisotopic (exact) mass is 1690 g/mol. The quantitative estimate of drug-likeness (QED) is 0.0569. The summed E-state index contributed by atoms with van der Waals surface area (Å²) >= 11 is 30.5. The standard InChI is InChI=1S/C24H27ClN2O.C19H18Cl2N2O.C19H18F2N2O.C18H20N2OS.C14H16Cl2N2O/c1-23(2,3)21-15-16-14-19(10-11-20(16)27-21)26-22(28)24(12-4-5-13-24)17-6-8-18(25)9-7-17;1-19(2,3)17-9-11-8-13(5-7-16(11)23-17)22-18(24)14-6-4-12(20)10-15(14)21;1-19(2,3)16-10-11-9-12(7-8-15(11)23-16)22-18(24)17-13(20)5-4-6-14(17)21;1-11-7-8-22-16(11)17(21)19-13-5-6-14-12(9-13)10-15(20-14)18(2,3)4;1-14(2,3)11-7-8-6-9(4-5-10(8)18-11)17-13(19)12(15)16/h6-11,14-15,27H,4-5,12-13H2,1-3H3,(H,26,28);2*4-10,23H,1-3H3,(H,22,24);5-10,20H,1-4H3,(H,19,21);4-7,12,18H,1-3H3,(H,17,19). The Kier molecular flexibility index (Phi) is 26.6. The Labute approximate surface area is 710 Å². The number of anilines is 5. The molecule has 6 aromatic heterocycles. The minimum Gasteiger partial charge on any atom is -0.358 e. The average molecular weight is 1700 g/mol. The molecule has 0 spiro atoms. The van der Waals surface area contributed by atoms with E-state index in [0.29, 0.717) is 32.0 Å². The molecular weight excluding hydrogens is 1600 g/mol. The van der Waals surface area contributed by atoms with Crippen LogP contribution in [0.25, 0.3) is 54.5 Å². The van der Waals surface area contributed by atoms with Gasteiger partial charge in [0, 0.05) is 149 Å². The fourth-order valence-electron chi connectivity index (χ4n) is 13.5. The normalized spacial score (nSPS) is 12.9. The van der Waals surface area contributed by atoms with E-state index in [0.717, 1.165) is 142 Å². The van der Waals surface area contributed by atoms with E-state index in [4.69, 9.17) is 58.0 Å². The minimum atomic E-state index is -1.06. The Hall–Kier alpha value is -10.2. The van der Waals surface area contributed by atoms with Crippen molar-refractivity contribution >= 4 is 182 Å². The van der Waals surface area contributed by atoms with Gasteiger partial charge < -0.3 is 51.5 Å². The van der Waals surface area contributed by atoms with Crippen molar-refractivity contribution in [3.8, 4) is 0 Å². The highest BCUT2D eigenvalue weighted by Crippen LogP contribution is 2.43.